The number of hydrogen-bond acceptors (Lipinski definition) is 3. The molecule has 0 bridgehead atoms. The largest absolute Gasteiger partial charge is 0.444 e. The molecule has 0 saturated heterocycles. The monoisotopic (exact) mass is 260 g/mol. The van der Waals surface area contributed by atoms with Crippen LogP contribution in [0, 0.1) is 5.82 Å². The average molecular weight is 260 g/mol. The van der Waals surface area contributed by atoms with Crippen LogP contribution in [0.3, 0.4) is 0 Å². The Morgan fingerprint density at radius 3 is 2.56 bits per heavy atom. The van der Waals surface area contributed by atoms with Crippen LogP contribution < -0.4 is 5.73 Å². The topological polar surface area (TPSA) is 52.0 Å². The van der Waals surface area contributed by atoms with Crippen molar-refractivity contribution in [3.8, 4) is 11.5 Å². The number of rotatable bonds is 2. The van der Waals surface area contributed by atoms with E-state index in [0.717, 1.165) is 12.1 Å². The number of halogens is 4. The molecule has 2 N–H and O–H groups in total. The van der Waals surface area contributed by atoms with E-state index in [1.807, 2.05) is 0 Å². The van der Waals surface area contributed by atoms with Gasteiger partial charge in [0.25, 0.3) is 0 Å². The molecule has 0 spiro atoms. The van der Waals surface area contributed by atoms with Crippen LogP contribution in [-0.2, 0) is 12.7 Å². The van der Waals surface area contributed by atoms with E-state index in [1.54, 1.807) is 0 Å². The number of aromatic nitrogens is 1. The molecule has 0 unspecified atom stereocenters. The second kappa shape index (κ2) is 4.41. The molecule has 0 atom stereocenters. The summed E-state index contributed by atoms with van der Waals surface area (Å²) in [5, 5.41) is 0. The van der Waals surface area contributed by atoms with Crippen molar-refractivity contribution in [1.82, 2.24) is 4.98 Å². The molecule has 7 heteroatoms. The first kappa shape index (κ1) is 12.6. The summed E-state index contributed by atoms with van der Waals surface area (Å²) >= 11 is 0. The predicted molar refractivity (Wildman–Crippen MR) is 54.8 cm³/mol. The highest BCUT2D eigenvalue weighted by molar-refractivity contribution is 5.56. The van der Waals surface area contributed by atoms with E-state index in [2.05, 4.69) is 4.98 Å². The van der Waals surface area contributed by atoms with Crippen molar-refractivity contribution in [2.75, 3.05) is 0 Å². The molecule has 0 amide bonds. The molecular weight excluding hydrogens is 252 g/mol. The van der Waals surface area contributed by atoms with Crippen molar-refractivity contribution in [1.29, 1.82) is 0 Å². The lowest BCUT2D eigenvalue weighted by atomic mass is 10.1. The lowest BCUT2D eigenvalue weighted by Crippen LogP contribution is -2.08. The first-order valence-electron chi connectivity index (χ1n) is 4.94. The Morgan fingerprint density at radius 2 is 2.00 bits per heavy atom. The molecule has 96 valence electrons. The third-order valence-corrected chi connectivity index (χ3v) is 2.30. The second-order valence-electron chi connectivity index (χ2n) is 3.51. The maximum Gasteiger partial charge on any atom is 0.419 e. The Labute approximate surface area is 99.2 Å². The van der Waals surface area contributed by atoms with Crippen LogP contribution in [0.5, 0.6) is 0 Å². The first-order valence-corrected chi connectivity index (χ1v) is 4.94. The molecule has 1 aromatic carbocycles. The van der Waals surface area contributed by atoms with Crippen LogP contribution in [0.4, 0.5) is 17.6 Å². The van der Waals surface area contributed by atoms with Gasteiger partial charge in [0, 0.05) is 6.54 Å². The highest BCUT2D eigenvalue weighted by Gasteiger charge is 2.35. The zero-order valence-electron chi connectivity index (χ0n) is 8.96. The molecule has 1 heterocycles. The Balaban J connectivity index is 2.52. The van der Waals surface area contributed by atoms with Crippen LogP contribution in [0.2, 0.25) is 0 Å². The molecule has 0 aliphatic heterocycles. The van der Waals surface area contributed by atoms with Gasteiger partial charge in [-0.05, 0) is 12.1 Å². The highest BCUT2D eigenvalue weighted by Crippen LogP contribution is 2.35. The van der Waals surface area contributed by atoms with Gasteiger partial charge in [-0.3, -0.25) is 0 Å². The van der Waals surface area contributed by atoms with Gasteiger partial charge in [0.1, 0.15) is 12.1 Å². The molecule has 0 fully saturated rings. The Hall–Kier alpha value is -1.89. The van der Waals surface area contributed by atoms with Crippen molar-refractivity contribution in [2.45, 2.75) is 12.7 Å². The lowest BCUT2D eigenvalue weighted by molar-refractivity contribution is -0.139. The fourth-order valence-corrected chi connectivity index (χ4v) is 1.44. The Bertz CT molecular complexity index is 562. The SMILES string of the molecule is NCc1coc(-c2cccc(C(F)(F)F)c2F)n1. The number of alkyl halides is 3. The van der Waals surface area contributed by atoms with Crippen molar-refractivity contribution >= 4 is 0 Å². The number of nitrogens with two attached hydrogens (primary N) is 1. The van der Waals surface area contributed by atoms with Crippen LogP contribution >= 0.6 is 0 Å². The Morgan fingerprint density at radius 1 is 1.28 bits per heavy atom. The summed E-state index contributed by atoms with van der Waals surface area (Å²) in [6.07, 6.45) is -3.58. The van der Waals surface area contributed by atoms with E-state index >= 15 is 0 Å². The summed E-state index contributed by atoms with van der Waals surface area (Å²) in [4.78, 5) is 3.78. The highest BCUT2D eigenvalue weighted by atomic mass is 19.4. The molecular formula is C11H8F4N2O. The minimum absolute atomic E-state index is 0.0596. The number of hydrogen-bond donors (Lipinski definition) is 1. The maximum atomic E-state index is 13.7. The zero-order valence-corrected chi connectivity index (χ0v) is 8.96. The van der Waals surface area contributed by atoms with Gasteiger partial charge in [-0.1, -0.05) is 6.07 Å². The third kappa shape index (κ3) is 2.21. The van der Waals surface area contributed by atoms with E-state index in [4.69, 9.17) is 10.2 Å². The van der Waals surface area contributed by atoms with Crippen LogP contribution in [0.15, 0.2) is 28.9 Å². The summed E-state index contributed by atoms with van der Waals surface area (Å²) in [7, 11) is 0. The van der Waals surface area contributed by atoms with Gasteiger partial charge in [0.15, 0.2) is 0 Å². The van der Waals surface area contributed by atoms with E-state index in [0.29, 0.717) is 11.8 Å². The van der Waals surface area contributed by atoms with Gasteiger partial charge in [-0.15, -0.1) is 0 Å². The van der Waals surface area contributed by atoms with Crippen LogP contribution in [-0.4, -0.2) is 4.98 Å². The molecule has 3 nitrogen and oxygen atoms in total. The second-order valence-corrected chi connectivity index (χ2v) is 3.51. The van der Waals surface area contributed by atoms with Crippen molar-refractivity contribution in [2.24, 2.45) is 5.73 Å². The minimum Gasteiger partial charge on any atom is -0.444 e. The maximum absolute atomic E-state index is 13.7. The fraction of sp³-hybridized carbons (Fsp3) is 0.182. The molecule has 0 aliphatic rings. The smallest absolute Gasteiger partial charge is 0.419 e. The summed E-state index contributed by atoms with van der Waals surface area (Å²) < 4.78 is 56.1. The van der Waals surface area contributed by atoms with Gasteiger partial charge in [0.2, 0.25) is 5.89 Å². The molecule has 2 aromatic rings. The van der Waals surface area contributed by atoms with E-state index < -0.39 is 17.6 Å². The lowest BCUT2D eigenvalue weighted by Gasteiger charge is -2.09. The van der Waals surface area contributed by atoms with Crippen LogP contribution in [0.25, 0.3) is 11.5 Å². The minimum atomic E-state index is -4.76. The van der Waals surface area contributed by atoms with E-state index in [1.165, 1.54) is 6.26 Å². The standard InChI is InChI=1S/C11H8F4N2O/c12-9-7(10-17-6(4-16)5-18-10)2-1-3-8(9)11(13,14)15/h1-3,5H,4,16H2. The van der Waals surface area contributed by atoms with Gasteiger partial charge >= 0.3 is 6.18 Å². The average Bonchev–Trinajstić information content (AvgIpc) is 2.76. The van der Waals surface area contributed by atoms with Crippen molar-refractivity contribution in [3.63, 3.8) is 0 Å². The van der Waals surface area contributed by atoms with Crippen molar-refractivity contribution < 1.29 is 22.0 Å². The number of oxazole rings is 1. The third-order valence-electron chi connectivity index (χ3n) is 2.30. The van der Waals surface area contributed by atoms with Gasteiger partial charge < -0.3 is 10.2 Å². The number of benzene rings is 1. The zero-order chi connectivity index (χ0) is 13.3. The summed E-state index contributed by atoms with van der Waals surface area (Å²) in [5.41, 5.74) is 3.92. The molecule has 1 aromatic heterocycles. The summed E-state index contributed by atoms with van der Waals surface area (Å²) in [6, 6.07) is 2.91. The van der Waals surface area contributed by atoms with E-state index in [-0.39, 0.29) is 18.0 Å². The molecule has 0 saturated carbocycles. The number of nitrogens with zero attached hydrogens (tertiary/aromatic N) is 1. The molecule has 0 aliphatic carbocycles. The molecule has 0 radical (unpaired) electrons. The predicted octanol–water partition coefficient (Wildman–Crippen LogP) is 2.96. The fourth-order valence-electron chi connectivity index (χ4n) is 1.44. The van der Waals surface area contributed by atoms with Gasteiger partial charge in [-0.2, -0.15) is 13.2 Å². The van der Waals surface area contributed by atoms with Crippen LogP contribution in [0.1, 0.15) is 11.3 Å². The van der Waals surface area contributed by atoms with E-state index in [9.17, 15) is 17.6 Å². The first-order chi connectivity index (χ1) is 8.43. The van der Waals surface area contributed by atoms with Gasteiger partial charge in [0.05, 0.1) is 16.8 Å². The normalized spacial score (nSPS) is 11.8. The Kier molecular flexibility index (Phi) is 3.08. The van der Waals surface area contributed by atoms with Crippen molar-refractivity contribution in [3.05, 3.63) is 41.5 Å². The quantitative estimate of drug-likeness (QED) is 0.844. The molecule has 18 heavy (non-hydrogen) atoms. The van der Waals surface area contributed by atoms with Gasteiger partial charge in [-0.25, -0.2) is 9.37 Å². The summed E-state index contributed by atoms with van der Waals surface area (Å²) in [6.45, 7) is 0.0596. The summed E-state index contributed by atoms with van der Waals surface area (Å²) in [5.74, 6) is -1.63. The molecule has 2 rings (SSSR count).